The van der Waals surface area contributed by atoms with Crippen molar-refractivity contribution in [2.24, 2.45) is 4.99 Å². The summed E-state index contributed by atoms with van der Waals surface area (Å²) < 4.78 is 2.19. The first kappa shape index (κ1) is 25.3. The molecule has 7 heteroatoms. The molecule has 6 rings (SSSR count). The zero-order chi connectivity index (χ0) is 26.0. The van der Waals surface area contributed by atoms with Crippen molar-refractivity contribution in [2.75, 3.05) is 32.7 Å². The fourth-order valence-corrected chi connectivity index (χ4v) is 5.68. The third kappa shape index (κ3) is 5.29. The molecule has 3 aromatic rings. The Balaban J connectivity index is 1.18. The highest BCUT2D eigenvalue weighted by atomic mass is 35.5. The van der Waals surface area contributed by atoms with E-state index in [0.29, 0.717) is 0 Å². The zero-order valence-corrected chi connectivity index (χ0v) is 22.9. The number of hydrogen-bond acceptors (Lipinski definition) is 5. The summed E-state index contributed by atoms with van der Waals surface area (Å²) in [7, 11) is 0. The molecule has 1 saturated heterocycles. The molecular weight excluding hydrogens is 492 g/mol. The Labute approximate surface area is 230 Å². The molecule has 2 aromatic carbocycles. The van der Waals surface area contributed by atoms with Crippen LogP contribution in [-0.4, -0.2) is 58.1 Å². The van der Waals surface area contributed by atoms with Crippen LogP contribution in [0, 0.1) is 18.8 Å². The van der Waals surface area contributed by atoms with Crippen LogP contribution in [0.2, 0.25) is 5.02 Å². The van der Waals surface area contributed by atoms with Gasteiger partial charge in [0.1, 0.15) is 11.4 Å². The number of aliphatic imine (C=N–C) groups is 1. The fourth-order valence-electron chi connectivity index (χ4n) is 5.56. The standard InChI is InChI=1S/C31H35ClN6/c1-23-35-36-30-31(15-16-31)34-29(25-10-12-26(32)13-11-25)27-22-24(9-14-28(27)38(23)30)8-6-4-2-3-5-7-19-37-20-17-33-18-21-37/h9-14,22,33H,2-5,7,15-21H2,1H3. The molecule has 1 spiro atoms. The van der Waals surface area contributed by atoms with Crippen molar-refractivity contribution in [1.29, 1.82) is 0 Å². The van der Waals surface area contributed by atoms with Gasteiger partial charge in [-0.2, -0.15) is 0 Å². The molecule has 3 heterocycles. The molecule has 0 bridgehead atoms. The summed E-state index contributed by atoms with van der Waals surface area (Å²) in [6, 6.07) is 14.4. The molecule has 2 aliphatic heterocycles. The van der Waals surface area contributed by atoms with Gasteiger partial charge in [-0.05, 0) is 69.5 Å². The molecule has 2 fully saturated rings. The van der Waals surface area contributed by atoms with E-state index in [9.17, 15) is 0 Å². The Kier molecular flexibility index (Phi) is 7.34. The molecule has 0 radical (unpaired) electrons. The van der Waals surface area contributed by atoms with Gasteiger partial charge in [-0.3, -0.25) is 9.56 Å². The second-order valence-corrected chi connectivity index (χ2v) is 11.1. The van der Waals surface area contributed by atoms with Gasteiger partial charge >= 0.3 is 0 Å². The Hall–Kier alpha value is -2.98. The van der Waals surface area contributed by atoms with E-state index in [2.05, 4.69) is 67.2 Å². The highest BCUT2D eigenvalue weighted by molar-refractivity contribution is 6.30. The first-order valence-corrected chi connectivity index (χ1v) is 14.4. The van der Waals surface area contributed by atoms with E-state index in [1.165, 1.54) is 38.9 Å². The smallest absolute Gasteiger partial charge is 0.165 e. The van der Waals surface area contributed by atoms with E-state index in [-0.39, 0.29) is 5.54 Å². The van der Waals surface area contributed by atoms with Crippen LogP contribution in [0.4, 0.5) is 0 Å². The van der Waals surface area contributed by atoms with Crippen molar-refractivity contribution >= 4 is 17.3 Å². The molecule has 0 amide bonds. The number of benzene rings is 2. The van der Waals surface area contributed by atoms with Gasteiger partial charge in [0.2, 0.25) is 0 Å². The normalized spacial score (nSPS) is 17.7. The first-order valence-electron chi connectivity index (χ1n) is 14.0. The van der Waals surface area contributed by atoms with Gasteiger partial charge in [-0.15, -0.1) is 10.2 Å². The molecule has 1 saturated carbocycles. The quantitative estimate of drug-likeness (QED) is 0.336. The molecule has 38 heavy (non-hydrogen) atoms. The summed E-state index contributed by atoms with van der Waals surface area (Å²) in [5.41, 5.74) is 4.89. The summed E-state index contributed by atoms with van der Waals surface area (Å²) >= 11 is 6.21. The number of unbranched alkanes of at least 4 members (excludes halogenated alkanes) is 4. The van der Waals surface area contributed by atoms with Crippen LogP contribution in [0.1, 0.15) is 73.3 Å². The molecule has 0 unspecified atom stereocenters. The van der Waals surface area contributed by atoms with E-state index >= 15 is 0 Å². The number of piperazine rings is 1. The maximum Gasteiger partial charge on any atom is 0.165 e. The minimum Gasteiger partial charge on any atom is -0.314 e. The highest BCUT2D eigenvalue weighted by Crippen LogP contribution is 2.51. The van der Waals surface area contributed by atoms with Gasteiger partial charge in [-0.1, -0.05) is 48.4 Å². The number of aryl methyl sites for hydroxylation is 1. The van der Waals surface area contributed by atoms with Crippen LogP contribution >= 0.6 is 11.6 Å². The van der Waals surface area contributed by atoms with Crippen LogP contribution in [0.5, 0.6) is 0 Å². The summed E-state index contributed by atoms with van der Waals surface area (Å²) in [4.78, 5) is 7.90. The number of fused-ring (bicyclic) bond motifs is 4. The molecule has 6 nitrogen and oxygen atoms in total. The molecule has 196 valence electrons. The largest absolute Gasteiger partial charge is 0.314 e. The Morgan fingerprint density at radius 3 is 2.55 bits per heavy atom. The van der Waals surface area contributed by atoms with Crippen LogP contribution in [0.15, 0.2) is 47.5 Å². The van der Waals surface area contributed by atoms with Gasteiger partial charge in [0.25, 0.3) is 0 Å². The summed E-state index contributed by atoms with van der Waals surface area (Å²) in [5.74, 6) is 8.67. The highest BCUT2D eigenvalue weighted by Gasteiger charge is 2.51. The molecule has 0 atom stereocenters. The lowest BCUT2D eigenvalue weighted by Gasteiger charge is -2.26. The van der Waals surface area contributed by atoms with E-state index in [4.69, 9.17) is 16.6 Å². The van der Waals surface area contributed by atoms with Gasteiger partial charge in [0.05, 0.1) is 11.4 Å². The minimum atomic E-state index is -0.300. The third-order valence-corrected chi connectivity index (χ3v) is 8.12. The molecule has 1 N–H and O–H groups in total. The van der Waals surface area contributed by atoms with Crippen molar-refractivity contribution in [2.45, 2.75) is 57.4 Å². The van der Waals surface area contributed by atoms with E-state index in [1.54, 1.807) is 0 Å². The van der Waals surface area contributed by atoms with E-state index < -0.39 is 0 Å². The number of nitrogens with one attached hydrogen (secondary N) is 1. The lowest BCUT2D eigenvalue weighted by molar-refractivity contribution is 0.236. The lowest BCUT2D eigenvalue weighted by Crippen LogP contribution is -2.43. The zero-order valence-electron chi connectivity index (χ0n) is 22.1. The summed E-state index contributed by atoms with van der Waals surface area (Å²) in [6.07, 6.45) is 7.88. The van der Waals surface area contributed by atoms with Crippen molar-refractivity contribution in [3.63, 3.8) is 0 Å². The number of rotatable bonds is 7. The molecule has 3 aliphatic rings. The molecule has 1 aliphatic carbocycles. The maximum absolute atomic E-state index is 6.21. The van der Waals surface area contributed by atoms with Gasteiger partial charge < -0.3 is 10.2 Å². The molecule has 1 aromatic heterocycles. The van der Waals surface area contributed by atoms with Crippen LogP contribution < -0.4 is 5.32 Å². The van der Waals surface area contributed by atoms with Gasteiger partial charge in [-0.25, -0.2) is 0 Å². The van der Waals surface area contributed by atoms with Crippen molar-refractivity contribution < 1.29 is 0 Å². The minimum absolute atomic E-state index is 0.300. The number of halogens is 1. The second-order valence-electron chi connectivity index (χ2n) is 10.7. The molecular formula is C31H35ClN6. The van der Waals surface area contributed by atoms with Crippen LogP contribution in [-0.2, 0) is 5.54 Å². The van der Waals surface area contributed by atoms with Crippen molar-refractivity contribution in [1.82, 2.24) is 25.0 Å². The first-order chi connectivity index (χ1) is 18.6. The fraction of sp³-hybridized carbons (Fsp3) is 0.452. The van der Waals surface area contributed by atoms with Crippen LogP contribution in [0.25, 0.3) is 5.69 Å². The van der Waals surface area contributed by atoms with Crippen molar-refractivity contribution in [3.8, 4) is 17.5 Å². The van der Waals surface area contributed by atoms with Crippen molar-refractivity contribution in [3.05, 3.63) is 75.8 Å². The number of aromatic nitrogens is 3. The van der Waals surface area contributed by atoms with E-state index in [0.717, 1.165) is 83.5 Å². The monoisotopic (exact) mass is 526 g/mol. The van der Waals surface area contributed by atoms with Gasteiger partial charge in [0.15, 0.2) is 5.82 Å². The number of nitrogens with zero attached hydrogens (tertiary/aromatic N) is 5. The van der Waals surface area contributed by atoms with Gasteiger partial charge in [0, 0.05) is 54.3 Å². The number of hydrogen-bond donors (Lipinski definition) is 1. The Bertz CT molecular complexity index is 1380. The third-order valence-electron chi connectivity index (χ3n) is 7.87. The predicted molar refractivity (Wildman–Crippen MR) is 153 cm³/mol. The average Bonchev–Trinajstić information content (AvgIpc) is 3.64. The summed E-state index contributed by atoms with van der Waals surface area (Å²) in [6.45, 7) is 7.89. The average molecular weight is 527 g/mol. The Morgan fingerprint density at radius 2 is 1.76 bits per heavy atom. The maximum atomic E-state index is 6.21. The Morgan fingerprint density at radius 1 is 0.974 bits per heavy atom. The summed E-state index contributed by atoms with van der Waals surface area (Å²) in [5, 5.41) is 13.1. The lowest BCUT2D eigenvalue weighted by atomic mass is 9.98. The SMILES string of the molecule is Cc1nnc2n1-c1ccc(C#CCCCCCCN3CCNCC3)cc1C(c1ccc(Cl)cc1)=NC21CC1. The predicted octanol–water partition coefficient (Wildman–Crippen LogP) is 5.28. The second kappa shape index (κ2) is 11.0. The van der Waals surface area contributed by atoms with Crippen LogP contribution in [0.3, 0.4) is 0 Å². The van der Waals surface area contributed by atoms with E-state index in [1.807, 2.05) is 19.1 Å². The topological polar surface area (TPSA) is 58.3 Å².